The van der Waals surface area contributed by atoms with Crippen molar-refractivity contribution in [1.82, 2.24) is 0 Å². The normalized spacial score (nSPS) is 11.7. The molecule has 4 heteroatoms. The molecule has 0 amide bonds. The molecule has 0 aliphatic carbocycles. The third-order valence-electron chi connectivity index (χ3n) is 2.62. The van der Waals surface area contributed by atoms with Gasteiger partial charge in [0.1, 0.15) is 0 Å². The lowest BCUT2D eigenvalue weighted by Gasteiger charge is -2.07. The Morgan fingerprint density at radius 3 is 2.50 bits per heavy atom. The number of benzene rings is 1. The maximum atomic E-state index is 11.5. The van der Waals surface area contributed by atoms with E-state index in [-0.39, 0.29) is 18.1 Å². The van der Waals surface area contributed by atoms with E-state index in [2.05, 4.69) is 0 Å². The third-order valence-corrected chi connectivity index (χ3v) is 4.30. The summed E-state index contributed by atoms with van der Waals surface area (Å²) in [5, 5.41) is 0. The van der Waals surface area contributed by atoms with E-state index in [1.807, 2.05) is 32.0 Å². The minimum Gasteiger partial charge on any atom is -0.329 e. The summed E-state index contributed by atoms with van der Waals surface area (Å²) in [5.41, 5.74) is 8.68. The van der Waals surface area contributed by atoms with E-state index in [9.17, 15) is 8.42 Å². The van der Waals surface area contributed by atoms with Crippen molar-refractivity contribution in [2.24, 2.45) is 5.73 Å². The molecule has 0 atom stereocenters. The van der Waals surface area contributed by atoms with Crippen molar-refractivity contribution in [3.8, 4) is 0 Å². The van der Waals surface area contributed by atoms with E-state index in [0.717, 1.165) is 16.7 Å². The topological polar surface area (TPSA) is 60.2 Å². The van der Waals surface area contributed by atoms with E-state index in [0.29, 0.717) is 6.42 Å². The van der Waals surface area contributed by atoms with Crippen LogP contribution in [0.15, 0.2) is 18.2 Å². The van der Waals surface area contributed by atoms with Gasteiger partial charge in [-0.25, -0.2) is 8.42 Å². The van der Waals surface area contributed by atoms with Crippen LogP contribution in [-0.2, 0) is 16.3 Å². The SMILES string of the molecule is Cc1ccc(C)c(CCS(=O)(=O)CCN)c1. The molecule has 0 spiro atoms. The second-order valence-corrected chi connectivity index (χ2v) is 6.42. The van der Waals surface area contributed by atoms with Gasteiger partial charge < -0.3 is 5.73 Å². The average molecular weight is 241 g/mol. The van der Waals surface area contributed by atoms with Crippen LogP contribution in [0.4, 0.5) is 0 Å². The van der Waals surface area contributed by atoms with Crippen molar-refractivity contribution in [3.05, 3.63) is 34.9 Å². The Morgan fingerprint density at radius 1 is 1.19 bits per heavy atom. The highest BCUT2D eigenvalue weighted by atomic mass is 32.2. The first-order valence-corrected chi connectivity index (χ1v) is 7.23. The van der Waals surface area contributed by atoms with Gasteiger partial charge in [0, 0.05) is 6.54 Å². The van der Waals surface area contributed by atoms with E-state index < -0.39 is 9.84 Å². The predicted octanol–water partition coefficient (Wildman–Crippen LogP) is 1.22. The van der Waals surface area contributed by atoms with Crippen LogP contribution < -0.4 is 5.73 Å². The van der Waals surface area contributed by atoms with Crippen LogP contribution in [0.5, 0.6) is 0 Å². The largest absolute Gasteiger partial charge is 0.329 e. The minimum atomic E-state index is -2.98. The smallest absolute Gasteiger partial charge is 0.151 e. The fraction of sp³-hybridized carbons (Fsp3) is 0.500. The summed E-state index contributed by atoms with van der Waals surface area (Å²) in [5.74, 6) is 0.270. The maximum Gasteiger partial charge on any atom is 0.151 e. The van der Waals surface area contributed by atoms with Gasteiger partial charge in [-0.3, -0.25) is 0 Å². The Kier molecular flexibility index (Phi) is 4.50. The molecule has 0 fully saturated rings. The molecule has 0 radical (unpaired) electrons. The molecule has 2 N–H and O–H groups in total. The van der Waals surface area contributed by atoms with Gasteiger partial charge in [0.25, 0.3) is 0 Å². The summed E-state index contributed by atoms with van der Waals surface area (Å²) in [6.45, 7) is 4.22. The Morgan fingerprint density at radius 2 is 1.88 bits per heavy atom. The second-order valence-electron chi connectivity index (χ2n) is 4.12. The molecule has 0 aliphatic heterocycles. The molecular formula is C12H19NO2S. The first kappa shape index (κ1) is 13.2. The molecule has 16 heavy (non-hydrogen) atoms. The lowest BCUT2D eigenvalue weighted by Crippen LogP contribution is -2.19. The van der Waals surface area contributed by atoms with Crippen LogP contribution in [-0.4, -0.2) is 26.5 Å². The molecule has 1 aromatic rings. The number of rotatable bonds is 5. The van der Waals surface area contributed by atoms with Crippen molar-refractivity contribution in [2.75, 3.05) is 18.1 Å². The van der Waals surface area contributed by atoms with Gasteiger partial charge >= 0.3 is 0 Å². The molecule has 0 bridgehead atoms. The lowest BCUT2D eigenvalue weighted by molar-refractivity contribution is 0.595. The molecule has 90 valence electrons. The Labute approximate surface area is 97.6 Å². The first-order valence-electron chi connectivity index (χ1n) is 5.41. The summed E-state index contributed by atoms with van der Waals surface area (Å²) in [6, 6.07) is 6.11. The summed E-state index contributed by atoms with van der Waals surface area (Å²) < 4.78 is 23.0. The summed E-state index contributed by atoms with van der Waals surface area (Å²) >= 11 is 0. The fourth-order valence-corrected chi connectivity index (χ4v) is 2.71. The highest BCUT2D eigenvalue weighted by molar-refractivity contribution is 7.91. The van der Waals surface area contributed by atoms with Crippen LogP contribution in [0.25, 0.3) is 0 Å². The van der Waals surface area contributed by atoms with Crippen LogP contribution in [0.2, 0.25) is 0 Å². The van der Waals surface area contributed by atoms with Crippen LogP contribution in [0, 0.1) is 13.8 Å². The molecule has 0 unspecified atom stereocenters. The predicted molar refractivity (Wildman–Crippen MR) is 67.3 cm³/mol. The molecule has 1 rings (SSSR count). The molecule has 3 nitrogen and oxygen atoms in total. The molecule has 0 saturated carbocycles. The number of hydrogen-bond acceptors (Lipinski definition) is 3. The van der Waals surface area contributed by atoms with E-state index in [1.165, 1.54) is 0 Å². The quantitative estimate of drug-likeness (QED) is 0.843. The Hall–Kier alpha value is -0.870. The van der Waals surface area contributed by atoms with Gasteiger partial charge in [0.2, 0.25) is 0 Å². The van der Waals surface area contributed by atoms with E-state index in [1.54, 1.807) is 0 Å². The van der Waals surface area contributed by atoms with Gasteiger partial charge in [0.15, 0.2) is 9.84 Å². The maximum absolute atomic E-state index is 11.5. The average Bonchev–Trinajstić information content (AvgIpc) is 2.19. The Bertz CT molecular complexity index is 452. The zero-order valence-corrected chi connectivity index (χ0v) is 10.7. The fourth-order valence-electron chi connectivity index (χ4n) is 1.62. The number of hydrogen-bond donors (Lipinski definition) is 1. The van der Waals surface area contributed by atoms with Crippen LogP contribution >= 0.6 is 0 Å². The third kappa shape index (κ3) is 3.94. The van der Waals surface area contributed by atoms with Gasteiger partial charge in [0.05, 0.1) is 11.5 Å². The zero-order chi connectivity index (χ0) is 12.2. The van der Waals surface area contributed by atoms with E-state index in [4.69, 9.17) is 5.73 Å². The number of aryl methyl sites for hydroxylation is 3. The molecule has 1 aromatic carbocycles. The summed E-state index contributed by atoms with van der Waals surface area (Å²) in [6.07, 6.45) is 0.579. The monoisotopic (exact) mass is 241 g/mol. The van der Waals surface area contributed by atoms with Crippen molar-refractivity contribution < 1.29 is 8.42 Å². The van der Waals surface area contributed by atoms with Crippen molar-refractivity contribution in [2.45, 2.75) is 20.3 Å². The standard InChI is InChI=1S/C12H19NO2S/c1-10-3-4-11(2)12(9-10)5-7-16(14,15)8-6-13/h3-4,9H,5-8,13H2,1-2H3. The van der Waals surface area contributed by atoms with Crippen molar-refractivity contribution in [1.29, 1.82) is 0 Å². The lowest BCUT2D eigenvalue weighted by atomic mass is 10.0. The van der Waals surface area contributed by atoms with Gasteiger partial charge in [-0.05, 0) is 31.4 Å². The van der Waals surface area contributed by atoms with Crippen LogP contribution in [0.3, 0.4) is 0 Å². The minimum absolute atomic E-state index is 0.0812. The highest BCUT2D eigenvalue weighted by Gasteiger charge is 2.10. The summed E-state index contributed by atoms with van der Waals surface area (Å²) in [7, 11) is -2.98. The first-order chi connectivity index (χ1) is 7.44. The Balaban J connectivity index is 2.71. The number of sulfone groups is 1. The summed E-state index contributed by atoms with van der Waals surface area (Å²) in [4.78, 5) is 0. The molecule has 0 aromatic heterocycles. The van der Waals surface area contributed by atoms with Gasteiger partial charge in [-0.15, -0.1) is 0 Å². The number of nitrogens with two attached hydrogens (primary N) is 1. The van der Waals surface area contributed by atoms with Crippen molar-refractivity contribution >= 4 is 9.84 Å². The molecule has 0 saturated heterocycles. The molecular weight excluding hydrogens is 222 g/mol. The van der Waals surface area contributed by atoms with Crippen LogP contribution in [0.1, 0.15) is 16.7 Å². The second kappa shape index (κ2) is 5.46. The van der Waals surface area contributed by atoms with E-state index >= 15 is 0 Å². The molecule has 0 aliphatic rings. The van der Waals surface area contributed by atoms with Gasteiger partial charge in [-0.1, -0.05) is 23.8 Å². The van der Waals surface area contributed by atoms with Crippen molar-refractivity contribution in [3.63, 3.8) is 0 Å². The highest BCUT2D eigenvalue weighted by Crippen LogP contribution is 2.12. The molecule has 0 heterocycles. The zero-order valence-electron chi connectivity index (χ0n) is 9.86. The van der Waals surface area contributed by atoms with Gasteiger partial charge in [-0.2, -0.15) is 0 Å².